The van der Waals surface area contributed by atoms with Crippen molar-refractivity contribution in [1.29, 1.82) is 0 Å². The summed E-state index contributed by atoms with van der Waals surface area (Å²) in [6.45, 7) is 6.25. The van der Waals surface area contributed by atoms with Crippen LogP contribution in [0.4, 0.5) is 0 Å². The molecule has 3 heteroatoms. The molecule has 1 aliphatic heterocycles. The lowest BCUT2D eigenvalue weighted by molar-refractivity contribution is -0.0233. The zero-order valence-electron chi connectivity index (χ0n) is 8.04. The van der Waals surface area contributed by atoms with Gasteiger partial charge in [0.1, 0.15) is 6.23 Å². The molecular weight excluding hydrogens is 182 g/mol. The van der Waals surface area contributed by atoms with Gasteiger partial charge in [0, 0.05) is 16.3 Å². The van der Waals surface area contributed by atoms with Crippen LogP contribution in [0, 0.1) is 12.8 Å². The molecular formula is C10H15NOS. The number of aryl methyl sites for hydroxylation is 1. The van der Waals surface area contributed by atoms with E-state index in [1.165, 1.54) is 9.75 Å². The third kappa shape index (κ3) is 2.10. The predicted molar refractivity (Wildman–Crippen MR) is 54.9 cm³/mol. The average molecular weight is 197 g/mol. The van der Waals surface area contributed by atoms with Crippen LogP contribution in [0.5, 0.6) is 0 Å². The van der Waals surface area contributed by atoms with Gasteiger partial charge in [0.25, 0.3) is 0 Å². The Balaban J connectivity index is 2.02. The van der Waals surface area contributed by atoms with Gasteiger partial charge in [-0.25, -0.2) is 0 Å². The minimum absolute atomic E-state index is 0.134. The monoisotopic (exact) mass is 197 g/mol. The van der Waals surface area contributed by atoms with Crippen molar-refractivity contribution in [3.63, 3.8) is 0 Å². The molecule has 2 unspecified atom stereocenters. The molecule has 2 heterocycles. The Kier molecular flexibility index (Phi) is 2.67. The van der Waals surface area contributed by atoms with Gasteiger partial charge < -0.3 is 4.74 Å². The van der Waals surface area contributed by atoms with E-state index in [1.54, 1.807) is 0 Å². The predicted octanol–water partition coefficient (Wildman–Crippen LogP) is 2.31. The summed E-state index contributed by atoms with van der Waals surface area (Å²) in [6, 6.07) is 4.29. The van der Waals surface area contributed by atoms with E-state index in [9.17, 15) is 0 Å². The normalized spacial score (nSPS) is 29.1. The number of hydrogen-bond acceptors (Lipinski definition) is 3. The maximum absolute atomic E-state index is 5.69. The molecule has 0 bridgehead atoms. The summed E-state index contributed by atoms with van der Waals surface area (Å²) >= 11 is 1.81. The van der Waals surface area contributed by atoms with Gasteiger partial charge >= 0.3 is 0 Å². The number of thiophene rings is 1. The Morgan fingerprint density at radius 1 is 1.54 bits per heavy atom. The van der Waals surface area contributed by atoms with Gasteiger partial charge in [0.15, 0.2) is 0 Å². The highest BCUT2D eigenvalue weighted by molar-refractivity contribution is 7.12. The second-order valence-electron chi connectivity index (χ2n) is 3.68. The highest BCUT2D eigenvalue weighted by Gasteiger charge is 2.20. The molecule has 72 valence electrons. The van der Waals surface area contributed by atoms with Crippen LogP contribution >= 0.6 is 11.3 Å². The highest BCUT2D eigenvalue weighted by atomic mass is 32.1. The molecule has 1 fully saturated rings. The molecule has 1 aromatic rings. The van der Waals surface area contributed by atoms with Gasteiger partial charge in [-0.1, -0.05) is 6.92 Å². The summed E-state index contributed by atoms with van der Waals surface area (Å²) in [5.41, 5.74) is 0. The van der Waals surface area contributed by atoms with Crippen LogP contribution in [0.3, 0.4) is 0 Å². The van der Waals surface area contributed by atoms with Gasteiger partial charge in [-0.3, -0.25) is 5.32 Å². The number of nitrogens with one attached hydrogen (secondary N) is 1. The Labute approximate surface area is 82.9 Å². The highest BCUT2D eigenvalue weighted by Crippen LogP contribution is 2.26. The van der Waals surface area contributed by atoms with Crippen LogP contribution in [-0.4, -0.2) is 13.2 Å². The van der Waals surface area contributed by atoms with Crippen molar-refractivity contribution in [2.75, 3.05) is 13.2 Å². The van der Waals surface area contributed by atoms with Crippen LogP contribution in [0.15, 0.2) is 12.1 Å². The smallest absolute Gasteiger partial charge is 0.143 e. The topological polar surface area (TPSA) is 21.3 Å². The lowest BCUT2D eigenvalue weighted by Gasteiger charge is -2.27. The van der Waals surface area contributed by atoms with Gasteiger partial charge in [-0.2, -0.15) is 0 Å². The minimum Gasteiger partial charge on any atom is -0.358 e. The Morgan fingerprint density at radius 2 is 2.38 bits per heavy atom. The molecule has 2 rings (SSSR count). The zero-order valence-corrected chi connectivity index (χ0v) is 8.86. The number of rotatable bonds is 1. The molecule has 0 aliphatic carbocycles. The van der Waals surface area contributed by atoms with Crippen molar-refractivity contribution in [3.8, 4) is 0 Å². The van der Waals surface area contributed by atoms with Crippen molar-refractivity contribution in [3.05, 3.63) is 21.9 Å². The molecule has 13 heavy (non-hydrogen) atoms. The molecule has 1 aliphatic rings. The first-order chi connectivity index (χ1) is 6.25. The van der Waals surface area contributed by atoms with Gasteiger partial charge in [0.05, 0.1) is 6.61 Å². The van der Waals surface area contributed by atoms with Crippen molar-refractivity contribution in [2.24, 2.45) is 5.92 Å². The van der Waals surface area contributed by atoms with Crippen molar-refractivity contribution in [2.45, 2.75) is 20.1 Å². The lowest BCUT2D eigenvalue weighted by Crippen LogP contribution is -2.36. The molecule has 0 aromatic carbocycles. The van der Waals surface area contributed by atoms with Crippen LogP contribution in [-0.2, 0) is 4.74 Å². The molecule has 0 saturated carbocycles. The molecule has 0 spiro atoms. The molecule has 2 atom stereocenters. The maximum Gasteiger partial charge on any atom is 0.143 e. The first-order valence-electron chi connectivity index (χ1n) is 4.67. The Bertz CT molecular complexity index is 276. The summed E-state index contributed by atoms with van der Waals surface area (Å²) in [7, 11) is 0. The van der Waals surface area contributed by atoms with Gasteiger partial charge in [-0.15, -0.1) is 11.3 Å². The van der Waals surface area contributed by atoms with E-state index < -0.39 is 0 Å². The third-order valence-electron chi connectivity index (χ3n) is 2.22. The molecule has 1 N–H and O–H groups in total. The molecule has 1 aromatic heterocycles. The third-order valence-corrected chi connectivity index (χ3v) is 3.26. The quantitative estimate of drug-likeness (QED) is 0.746. The fraction of sp³-hybridized carbons (Fsp3) is 0.600. The van der Waals surface area contributed by atoms with Crippen LogP contribution in [0.2, 0.25) is 0 Å². The fourth-order valence-electron chi connectivity index (χ4n) is 1.46. The lowest BCUT2D eigenvalue weighted by atomic mass is 10.2. The van der Waals surface area contributed by atoms with E-state index in [1.807, 2.05) is 11.3 Å². The first kappa shape index (κ1) is 9.19. The second kappa shape index (κ2) is 3.78. The van der Waals surface area contributed by atoms with E-state index in [0.29, 0.717) is 5.92 Å². The second-order valence-corrected chi connectivity index (χ2v) is 4.99. The Hall–Kier alpha value is -0.380. The summed E-state index contributed by atoms with van der Waals surface area (Å²) in [4.78, 5) is 2.64. The fourth-order valence-corrected chi connectivity index (χ4v) is 2.37. The van der Waals surface area contributed by atoms with E-state index in [-0.39, 0.29) is 6.23 Å². The Morgan fingerprint density at radius 3 is 2.92 bits per heavy atom. The SMILES string of the molecule is Cc1ccc(C2NCC(C)CO2)s1. The standard InChI is InChI=1S/C10H15NOS/c1-7-5-11-10(12-6-7)9-4-3-8(2)13-9/h3-4,7,10-11H,5-6H2,1-2H3. The summed E-state index contributed by atoms with van der Waals surface area (Å²) in [6.07, 6.45) is 0.134. The zero-order chi connectivity index (χ0) is 9.26. The molecule has 1 saturated heterocycles. The van der Waals surface area contributed by atoms with Crippen molar-refractivity contribution in [1.82, 2.24) is 5.32 Å². The summed E-state index contributed by atoms with van der Waals surface area (Å²) in [5, 5.41) is 3.39. The van der Waals surface area contributed by atoms with E-state index in [0.717, 1.165) is 13.2 Å². The molecule has 0 radical (unpaired) electrons. The summed E-state index contributed by atoms with van der Waals surface area (Å²) in [5.74, 6) is 0.636. The van der Waals surface area contributed by atoms with Crippen LogP contribution in [0.25, 0.3) is 0 Å². The number of hydrogen-bond donors (Lipinski definition) is 1. The van der Waals surface area contributed by atoms with Crippen molar-refractivity contribution >= 4 is 11.3 Å². The summed E-state index contributed by atoms with van der Waals surface area (Å²) < 4.78 is 5.69. The molecule has 2 nitrogen and oxygen atoms in total. The van der Waals surface area contributed by atoms with E-state index >= 15 is 0 Å². The van der Waals surface area contributed by atoms with Gasteiger partial charge in [-0.05, 0) is 25.0 Å². The van der Waals surface area contributed by atoms with E-state index in [4.69, 9.17) is 4.74 Å². The largest absolute Gasteiger partial charge is 0.358 e. The van der Waals surface area contributed by atoms with Crippen LogP contribution < -0.4 is 5.32 Å². The van der Waals surface area contributed by atoms with Gasteiger partial charge in [0.2, 0.25) is 0 Å². The number of ether oxygens (including phenoxy) is 1. The molecule has 0 amide bonds. The maximum atomic E-state index is 5.69. The van der Waals surface area contributed by atoms with E-state index in [2.05, 4.69) is 31.3 Å². The van der Waals surface area contributed by atoms with Crippen molar-refractivity contribution < 1.29 is 4.74 Å². The van der Waals surface area contributed by atoms with Crippen LogP contribution in [0.1, 0.15) is 22.9 Å². The first-order valence-corrected chi connectivity index (χ1v) is 5.48. The minimum atomic E-state index is 0.134. The average Bonchev–Trinajstić information content (AvgIpc) is 2.53.